The summed E-state index contributed by atoms with van der Waals surface area (Å²) in [5.74, 6) is 2.63. The minimum Gasteiger partial charge on any atom is -0.392 e. The summed E-state index contributed by atoms with van der Waals surface area (Å²) in [5, 5.41) is 12.6. The molecule has 2 N–H and O–H groups in total. The first-order chi connectivity index (χ1) is 9.56. The third-order valence-electron chi connectivity index (χ3n) is 4.15. The minimum absolute atomic E-state index is 0. The van der Waals surface area contributed by atoms with Crippen LogP contribution in [-0.2, 0) is 4.79 Å². The molecule has 2 aliphatic heterocycles. The van der Waals surface area contributed by atoms with Gasteiger partial charge in [0.25, 0.3) is 0 Å². The maximum Gasteiger partial charge on any atom is 0.240 e. The van der Waals surface area contributed by atoms with E-state index in [-0.39, 0.29) is 42.9 Å². The topological polar surface area (TPSA) is 55.8 Å². The van der Waals surface area contributed by atoms with Crippen LogP contribution in [0.25, 0.3) is 0 Å². The third kappa shape index (κ3) is 6.81. The molecular weight excluding hydrogens is 345 g/mol. The van der Waals surface area contributed by atoms with Crippen LogP contribution >= 0.6 is 36.6 Å². The molecule has 2 unspecified atom stereocenters. The molecule has 0 aromatic rings. The van der Waals surface area contributed by atoms with Gasteiger partial charge in [-0.15, -0.1) is 36.6 Å². The summed E-state index contributed by atoms with van der Waals surface area (Å²) in [4.78, 5) is 16.5. The van der Waals surface area contributed by atoms with Crippen molar-refractivity contribution >= 4 is 42.5 Å². The first-order valence-corrected chi connectivity index (χ1v) is 8.68. The molecule has 0 saturated carbocycles. The van der Waals surface area contributed by atoms with E-state index in [9.17, 15) is 9.90 Å². The molecule has 0 aromatic heterocycles. The minimum atomic E-state index is -0.248. The quantitative estimate of drug-likeness (QED) is 0.753. The number of aliphatic hydroxyl groups is 1. The second-order valence-corrected chi connectivity index (χ2v) is 7.11. The Bertz CT molecular complexity index is 323. The number of piperidine rings is 1. The number of nitrogens with one attached hydrogen (secondary N) is 1. The van der Waals surface area contributed by atoms with Crippen LogP contribution in [0.3, 0.4) is 0 Å². The van der Waals surface area contributed by atoms with Crippen molar-refractivity contribution in [2.24, 2.45) is 5.92 Å². The largest absolute Gasteiger partial charge is 0.392 e. The van der Waals surface area contributed by atoms with Crippen LogP contribution in [0.15, 0.2) is 0 Å². The highest BCUT2D eigenvalue weighted by Gasteiger charge is 2.28. The number of rotatable bonds is 5. The van der Waals surface area contributed by atoms with Crippen molar-refractivity contribution in [2.45, 2.75) is 31.9 Å². The number of aliphatic hydroxyl groups excluding tert-OH is 1. The number of hydrogen-bond donors (Lipinski definition) is 2. The predicted molar refractivity (Wildman–Crippen MR) is 97.2 cm³/mol. The summed E-state index contributed by atoms with van der Waals surface area (Å²) in [5.41, 5.74) is 0. The lowest BCUT2D eigenvalue weighted by Gasteiger charge is -2.34. The Balaban J connectivity index is 0.00000220. The van der Waals surface area contributed by atoms with Crippen LogP contribution in [0, 0.1) is 5.92 Å². The van der Waals surface area contributed by atoms with Crippen LogP contribution in [0.1, 0.15) is 19.8 Å². The maximum absolute atomic E-state index is 12.2. The van der Waals surface area contributed by atoms with E-state index in [1.54, 1.807) is 11.8 Å². The van der Waals surface area contributed by atoms with Crippen LogP contribution in [0.2, 0.25) is 0 Å². The van der Waals surface area contributed by atoms with Crippen molar-refractivity contribution in [3.63, 3.8) is 0 Å². The summed E-state index contributed by atoms with van der Waals surface area (Å²) in [7, 11) is 1.93. The monoisotopic (exact) mass is 373 g/mol. The van der Waals surface area contributed by atoms with Gasteiger partial charge in [-0.3, -0.25) is 10.1 Å². The summed E-state index contributed by atoms with van der Waals surface area (Å²) in [6.07, 6.45) is 2.00. The SMILES string of the molecule is CC(O)CN1CCC(CN(C)C(=O)C2CSCN2)CC1.Cl.Cl. The van der Waals surface area contributed by atoms with Crippen LogP contribution in [0.5, 0.6) is 0 Å². The molecule has 2 saturated heterocycles. The van der Waals surface area contributed by atoms with E-state index in [2.05, 4.69) is 10.2 Å². The molecule has 0 aliphatic carbocycles. The van der Waals surface area contributed by atoms with E-state index in [4.69, 9.17) is 0 Å². The average Bonchev–Trinajstić information content (AvgIpc) is 2.93. The molecule has 2 fully saturated rings. The fourth-order valence-electron chi connectivity index (χ4n) is 3.02. The number of β-amino-alcohol motifs (C(OH)–C–C–N with tert-alkyl or cyclic N) is 1. The number of hydrogen-bond acceptors (Lipinski definition) is 5. The Morgan fingerprint density at radius 3 is 2.55 bits per heavy atom. The first kappa shape index (κ1) is 22.3. The van der Waals surface area contributed by atoms with E-state index in [0.29, 0.717) is 5.92 Å². The van der Waals surface area contributed by atoms with Crippen LogP contribution in [-0.4, -0.2) is 77.8 Å². The van der Waals surface area contributed by atoms with Gasteiger partial charge in [0.2, 0.25) is 5.91 Å². The van der Waals surface area contributed by atoms with Crippen molar-refractivity contribution in [1.29, 1.82) is 0 Å². The highest BCUT2D eigenvalue weighted by Crippen LogP contribution is 2.19. The molecule has 0 bridgehead atoms. The zero-order valence-corrected chi connectivity index (χ0v) is 15.8. The number of likely N-dealkylation sites (N-methyl/N-ethyl adjacent to an activating group) is 1. The van der Waals surface area contributed by atoms with E-state index in [1.165, 1.54) is 0 Å². The molecular formula is C14H29Cl2N3O2S. The Labute approximate surface area is 150 Å². The molecule has 5 nitrogen and oxygen atoms in total. The van der Waals surface area contributed by atoms with Gasteiger partial charge >= 0.3 is 0 Å². The molecule has 0 radical (unpaired) electrons. The number of carbonyl (C=O) groups excluding carboxylic acids is 1. The van der Waals surface area contributed by atoms with Gasteiger partial charge in [-0.05, 0) is 38.8 Å². The van der Waals surface area contributed by atoms with Crippen molar-refractivity contribution < 1.29 is 9.90 Å². The Kier molecular flexibility index (Phi) is 11.1. The fourth-order valence-corrected chi connectivity index (χ4v) is 3.96. The molecule has 2 atom stereocenters. The standard InChI is InChI=1S/C14H27N3O2S.2ClH/c1-11(18)7-17-5-3-12(4-6-17)8-16(2)14(19)13-9-20-10-15-13;;/h11-13,15,18H,3-10H2,1-2H3;2*1H. The van der Waals surface area contributed by atoms with Gasteiger partial charge in [0, 0.05) is 31.8 Å². The zero-order chi connectivity index (χ0) is 14.5. The fraction of sp³-hybridized carbons (Fsp3) is 0.929. The third-order valence-corrected chi connectivity index (χ3v) is 5.09. The zero-order valence-electron chi connectivity index (χ0n) is 13.4. The number of carbonyl (C=O) groups is 1. The second kappa shape index (κ2) is 10.9. The Hall–Kier alpha value is 0.280. The molecule has 2 rings (SSSR count). The molecule has 2 aliphatic rings. The van der Waals surface area contributed by atoms with Gasteiger partial charge in [-0.2, -0.15) is 0 Å². The molecule has 1 amide bonds. The summed E-state index contributed by atoms with van der Waals surface area (Å²) < 4.78 is 0. The normalized spacial score (nSPS) is 24.2. The van der Waals surface area contributed by atoms with Crippen molar-refractivity contribution in [2.75, 3.05) is 44.9 Å². The van der Waals surface area contributed by atoms with E-state index >= 15 is 0 Å². The number of nitrogens with zero attached hydrogens (tertiary/aromatic N) is 2. The van der Waals surface area contributed by atoms with Gasteiger partial charge in [-0.1, -0.05) is 0 Å². The van der Waals surface area contributed by atoms with Crippen LogP contribution < -0.4 is 5.32 Å². The van der Waals surface area contributed by atoms with Gasteiger partial charge in [0.05, 0.1) is 12.1 Å². The van der Waals surface area contributed by atoms with Gasteiger partial charge < -0.3 is 14.9 Å². The highest BCUT2D eigenvalue weighted by atomic mass is 35.5. The average molecular weight is 374 g/mol. The predicted octanol–water partition coefficient (Wildman–Crippen LogP) is 1.04. The molecule has 132 valence electrons. The van der Waals surface area contributed by atoms with E-state index in [1.807, 2.05) is 18.9 Å². The molecule has 22 heavy (non-hydrogen) atoms. The van der Waals surface area contributed by atoms with Crippen molar-refractivity contribution in [3.05, 3.63) is 0 Å². The molecule has 0 aromatic carbocycles. The molecule has 2 heterocycles. The number of amides is 1. The molecule has 0 spiro atoms. The van der Waals surface area contributed by atoms with Crippen molar-refractivity contribution in [1.82, 2.24) is 15.1 Å². The Morgan fingerprint density at radius 1 is 1.41 bits per heavy atom. The highest BCUT2D eigenvalue weighted by molar-refractivity contribution is 7.99. The Morgan fingerprint density at radius 2 is 2.05 bits per heavy atom. The first-order valence-electron chi connectivity index (χ1n) is 7.52. The van der Waals surface area contributed by atoms with E-state index in [0.717, 1.165) is 50.7 Å². The maximum atomic E-state index is 12.2. The summed E-state index contributed by atoms with van der Waals surface area (Å²) >= 11 is 1.79. The van der Waals surface area contributed by atoms with E-state index < -0.39 is 0 Å². The lowest BCUT2D eigenvalue weighted by molar-refractivity contribution is -0.132. The van der Waals surface area contributed by atoms with Gasteiger partial charge in [0.15, 0.2) is 0 Å². The molecule has 8 heteroatoms. The lowest BCUT2D eigenvalue weighted by atomic mass is 9.96. The number of halogens is 2. The second-order valence-electron chi connectivity index (χ2n) is 6.08. The lowest BCUT2D eigenvalue weighted by Crippen LogP contribution is -2.46. The van der Waals surface area contributed by atoms with Gasteiger partial charge in [-0.25, -0.2) is 0 Å². The van der Waals surface area contributed by atoms with Crippen molar-refractivity contribution in [3.8, 4) is 0 Å². The number of thioether (sulfide) groups is 1. The smallest absolute Gasteiger partial charge is 0.240 e. The number of likely N-dealkylation sites (tertiary alicyclic amines) is 1. The summed E-state index contributed by atoms with van der Waals surface area (Å²) in [6.45, 7) is 5.55. The van der Waals surface area contributed by atoms with Gasteiger partial charge in [0.1, 0.15) is 0 Å². The van der Waals surface area contributed by atoms with Crippen LogP contribution in [0.4, 0.5) is 0 Å². The summed E-state index contributed by atoms with van der Waals surface area (Å²) in [6, 6.07) is 0.0142.